The van der Waals surface area contributed by atoms with E-state index < -0.39 is 11.7 Å². The SMILES string of the molecule is C=CN/N=C(/CC/C=C\C(F)=C(/C=C)C(=O)N1CCN(C(=O)C2CC2)CC1)C(/C=C\C)=C(C)C.CC.CC. The summed E-state index contributed by atoms with van der Waals surface area (Å²) in [6.07, 6.45) is 12.8. The van der Waals surface area contributed by atoms with Gasteiger partial charge >= 0.3 is 0 Å². The summed E-state index contributed by atoms with van der Waals surface area (Å²) in [5.41, 5.74) is 5.70. The highest BCUT2D eigenvalue weighted by molar-refractivity contribution is 6.03. The van der Waals surface area contributed by atoms with Crippen LogP contribution in [0.5, 0.6) is 0 Å². The van der Waals surface area contributed by atoms with Gasteiger partial charge in [-0.2, -0.15) is 5.10 Å². The number of carbonyl (C=O) groups is 2. The number of hydrogen-bond acceptors (Lipinski definition) is 4. The Balaban J connectivity index is 0.00000326. The first kappa shape index (κ1) is 34.8. The standard InChI is InChI=1S/C27H37FN4O2.2C2H6/c1-6-11-23(20(4)5)25(30-29-8-3)13-10-9-12-24(28)22(7-2)27(34)32-18-16-31(17-19-32)26(33)21-14-15-21;2*1-2/h6-9,11-12,21,29H,2-3,10,13-19H2,1,4-5H3;2*1-2H3/b11-6-,12-9-,24-22-,30-25-;;. The zero-order valence-corrected chi connectivity index (χ0v) is 24.6. The molecule has 212 valence electrons. The van der Waals surface area contributed by atoms with E-state index in [9.17, 15) is 14.0 Å². The van der Waals surface area contributed by atoms with E-state index in [2.05, 4.69) is 23.7 Å². The van der Waals surface area contributed by atoms with E-state index in [1.807, 2.05) is 65.5 Å². The Labute approximate surface area is 230 Å². The van der Waals surface area contributed by atoms with Gasteiger partial charge in [0, 0.05) is 38.3 Å². The van der Waals surface area contributed by atoms with Crippen LogP contribution in [0.4, 0.5) is 4.39 Å². The maximum atomic E-state index is 14.9. The summed E-state index contributed by atoms with van der Waals surface area (Å²) in [4.78, 5) is 28.5. The van der Waals surface area contributed by atoms with Crippen molar-refractivity contribution >= 4 is 17.5 Å². The number of rotatable bonds is 11. The largest absolute Gasteiger partial charge is 0.339 e. The summed E-state index contributed by atoms with van der Waals surface area (Å²) in [5.74, 6) is -0.668. The van der Waals surface area contributed by atoms with Gasteiger partial charge in [-0.25, -0.2) is 4.39 Å². The first-order valence-corrected chi connectivity index (χ1v) is 13.8. The molecule has 0 spiro atoms. The smallest absolute Gasteiger partial charge is 0.256 e. The highest BCUT2D eigenvalue weighted by atomic mass is 19.1. The average Bonchev–Trinajstić information content (AvgIpc) is 3.79. The van der Waals surface area contributed by atoms with Crippen molar-refractivity contribution in [1.82, 2.24) is 15.2 Å². The number of hydrogen-bond donors (Lipinski definition) is 1. The maximum Gasteiger partial charge on any atom is 0.256 e. The summed E-state index contributed by atoms with van der Waals surface area (Å²) < 4.78 is 14.9. The van der Waals surface area contributed by atoms with Crippen molar-refractivity contribution in [3.63, 3.8) is 0 Å². The lowest BCUT2D eigenvalue weighted by molar-refractivity contribution is -0.138. The molecule has 2 fully saturated rings. The van der Waals surface area contributed by atoms with Crippen molar-refractivity contribution in [1.29, 1.82) is 0 Å². The molecule has 1 saturated heterocycles. The number of carbonyl (C=O) groups excluding carboxylic acids is 2. The molecule has 0 aromatic heterocycles. The van der Waals surface area contributed by atoms with E-state index in [0.717, 1.165) is 29.7 Å². The van der Waals surface area contributed by atoms with Gasteiger partial charge < -0.3 is 9.80 Å². The van der Waals surface area contributed by atoms with Crippen LogP contribution < -0.4 is 5.43 Å². The zero-order chi connectivity index (χ0) is 29.1. The number of amides is 2. The van der Waals surface area contributed by atoms with E-state index >= 15 is 0 Å². The Morgan fingerprint density at radius 1 is 0.974 bits per heavy atom. The third-order valence-electron chi connectivity index (χ3n) is 5.78. The van der Waals surface area contributed by atoms with Gasteiger partial charge in [0.25, 0.3) is 5.91 Å². The molecular weight excluding hydrogens is 479 g/mol. The molecule has 0 atom stereocenters. The van der Waals surface area contributed by atoms with E-state index in [0.29, 0.717) is 39.0 Å². The van der Waals surface area contributed by atoms with Crippen molar-refractivity contribution < 1.29 is 14.0 Å². The Hall–Kier alpha value is -3.22. The van der Waals surface area contributed by atoms with Crippen LogP contribution in [0.2, 0.25) is 0 Å². The van der Waals surface area contributed by atoms with Gasteiger partial charge in [-0.15, -0.1) is 0 Å². The fraction of sp³-hybridized carbons (Fsp3) is 0.516. The molecular formula is C31H49FN4O2. The predicted octanol–water partition coefficient (Wildman–Crippen LogP) is 6.87. The highest BCUT2D eigenvalue weighted by Gasteiger charge is 2.35. The van der Waals surface area contributed by atoms with Crippen LogP contribution >= 0.6 is 0 Å². The van der Waals surface area contributed by atoms with Gasteiger partial charge in [-0.3, -0.25) is 15.0 Å². The van der Waals surface area contributed by atoms with Crippen LogP contribution in [0.15, 0.2) is 77.4 Å². The number of halogens is 1. The molecule has 2 rings (SSSR count). The lowest BCUT2D eigenvalue weighted by atomic mass is 10.0. The Morgan fingerprint density at radius 3 is 2.03 bits per heavy atom. The minimum Gasteiger partial charge on any atom is -0.339 e. The second kappa shape index (κ2) is 19.8. The summed E-state index contributed by atoms with van der Waals surface area (Å²) in [5, 5.41) is 4.37. The van der Waals surface area contributed by atoms with Crippen molar-refractivity contribution in [3.8, 4) is 0 Å². The quantitative estimate of drug-likeness (QED) is 0.138. The molecule has 38 heavy (non-hydrogen) atoms. The van der Waals surface area contributed by atoms with Gasteiger partial charge in [-0.1, -0.05) is 70.7 Å². The monoisotopic (exact) mass is 528 g/mol. The molecule has 1 saturated carbocycles. The summed E-state index contributed by atoms with van der Waals surface area (Å²) in [6, 6.07) is 0. The fourth-order valence-electron chi connectivity index (χ4n) is 3.76. The topological polar surface area (TPSA) is 65.0 Å². The second-order valence-electron chi connectivity index (χ2n) is 8.60. The molecule has 1 N–H and O–H groups in total. The predicted molar refractivity (Wildman–Crippen MR) is 159 cm³/mol. The molecule has 0 aromatic rings. The maximum absolute atomic E-state index is 14.9. The van der Waals surface area contributed by atoms with Crippen LogP contribution in [0.25, 0.3) is 0 Å². The first-order valence-electron chi connectivity index (χ1n) is 13.8. The van der Waals surface area contributed by atoms with Crippen LogP contribution in [0, 0.1) is 5.92 Å². The lowest BCUT2D eigenvalue weighted by Gasteiger charge is -2.35. The first-order chi connectivity index (χ1) is 18.3. The molecule has 1 aliphatic heterocycles. The van der Waals surface area contributed by atoms with Crippen LogP contribution in [-0.2, 0) is 9.59 Å². The van der Waals surface area contributed by atoms with Gasteiger partial charge in [0.15, 0.2) is 0 Å². The summed E-state index contributed by atoms with van der Waals surface area (Å²) in [7, 11) is 0. The summed E-state index contributed by atoms with van der Waals surface area (Å²) in [6.45, 7) is 23.0. The number of nitrogens with one attached hydrogen (secondary N) is 1. The van der Waals surface area contributed by atoms with Crippen LogP contribution in [0.3, 0.4) is 0 Å². The molecule has 1 heterocycles. The van der Waals surface area contributed by atoms with E-state index in [-0.39, 0.29) is 17.4 Å². The Bertz CT molecular complexity index is 928. The third kappa shape index (κ3) is 11.4. The Morgan fingerprint density at radius 2 is 1.55 bits per heavy atom. The molecule has 7 heteroatoms. The van der Waals surface area contributed by atoms with Crippen molar-refractivity contribution in [2.24, 2.45) is 11.0 Å². The molecule has 0 radical (unpaired) electrons. The summed E-state index contributed by atoms with van der Waals surface area (Å²) >= 11 is 0. The normalized spacial score (nSPS) is 16.1. The van der Waals surface area contributed by atoms with Crippen molar-refractivity contribution in [2.45, 2.75) is 74.1 Å². The third-order valence-corrected chi connectivity index (χ3v) is 5.78. The minimum absolute atomic E-state index is 0.0562. The fourth-order valence-corrected chi connectivity index (χ4v) is 3.76. The van der Waals surface area contributed by atoms with Crippen LogP contribution in [0.1, 0.15) is 74.1 Å². The molecule has 0 bridgehead atoms. The Kier molecular flexibility index (Phi) is 18.2. The number of nitrogens with zero attached hydrogens (tertiary/aromatic N) is 3. The molecule has 0 aromatic carbocycles. The molecule has 1 aliphatic carbocycles. The van der Waals surface area contributed by atoms with Crippen molar-refractivity contribution in [2.75, 3.05) is 26.2 Å². The minimum atomic E-state index is -0.616. The van der Waals surface area contributed by atoms with E-state index in [4.69, 9.17) is 0 Å². The van der Waals surface area contributed by atoms with Gasteiger partial charge in [0.1, 0.15) is 5.83 Å². The average molecular weight is 529 g/mol. The number of allylic oxidation sites excluding steroid dienone is 7. The molecule has 0 unspecified atom stereocenters. The highest BCUT2D eigenvalue weighted by Crippen LogP contribution is 2.31. The van der Waals surface area contributed by atoms with Crippen molar-refractivity contribution in [3.05, 3.63) is 72.3 Å². The van der Waals surface area contributed by atoms with E-state index in [1.54, 1.807) is 11.0 Å². The molecule has 6 nitrogen and oxygen atoms in total. The number of hydrazone groups is 1. The zero-order valence-electron chi connectivity index (χ0n) is 24.6. The molecule has 2 amide bonds. The van der Waals surface area contributed by atoms with Gasteiger partial charge in [-0.05, 0) is 58.1 Å². The van der Waals surface area contributed by atoms with Gasteiger partial charge in [0.05, 0.1) is 11.3 Å². The number of piperazine rings is 1. The lowest BCUT2D eigenvalue weighted by Crippen LogP contribution is -2.51. The second-order valence-corrected chi connectivity index (χ2v) is 8.60. The van der Waals surface area contributed by atoms with Gasteiger partial charge in [0.2, 0.25) is 5.91 Å². The van der Waals surface area contributed by atoms with Crippen LogP contribution in [-0.4, -0.2) is 53.5 Å². The molecule has 2 aliphatic rings. The van der Waals surface area contributed by atoms with E-state index in [1.165, 1.54) is 18.4 Å².